The van der Waals surface area contributed by atoms with Gasteiger partial charge in [0.2, 0.25) is 11.8 Å². The maximum atomic E-state index is 10.3. The third-order valence-electron chi connectivity index (χ3n) is 1.73. The van der Waals surface area contributed by atoms with E-state index in [0.29, 0.717) is 31.4 Å². The van der Waals surface area contributed by atoms with Gasteiger partial charge in [-0.05, 0) is 6.92 Å². The van der Waals surface area contributed by atoms with Crippen LogP contribution >= 0.6 is 0 Å². The van der Waals surface area contributed by atoms with Gasteiger partial charge >= 0.3 is 5.97 Å². The van der Waals surface area contributed by atoms with E-state index in [4.69, 9.17) is 14.3 Å². The summed E-state index contributed by atoms with van der Waals surface area (Å²) in [6, 6.07) is 0. The summed E-state index contributed by atoms with van der Waals surface area (Å²) in [5.41, 5.74) is 0. The van der Waals surface area contributed by atoms with Crippen LogP contribution in [-0.2, 0) is 22.4 Å². The molecule has 0 saturated heterocycles. The number of hydrogen-bond donors (Lipinski definition) is 1. The summed E-state index contributed by atoms with van der Waals surface area (Å²) in [7, 11) is 0. The Morgan fingerprint density at radius 1 is 1.40 bits per heavy atom. The van der Waals surface area contributed by atoms with Crippen LogP contribution in [0.15, 0.2) is 4.42 Å². The Bertz CT molecular complexity index is 311. The molecule has 0 aliphatic heterocycles. The summed E-state index contributed by atoms with van der Waals surface area (Å²) >= 11 is 0. The van der Waals surface area contributed by atoms with E-state index >= 15 is 0 Å². The summed E-state index contributed by atoms with van der Waals surface area (Å²) in [6.45, 7) is 3.10. The fraction of sp³-hybridized carbons (Fsp3) is 0.667. The number of ether oxygens (including phenoxy) is 1. The van der Waals surface area contributed by atoms with Crippen LogP contribution in [0.1, 0.15) is 25.1 Å². The van der Waals surface area contributed by atoms with E-state index in [-0.39, 0.29) is 12.8 Å². The number of carbonyl (C=O) groups is 1. The van der Waals surface area contributed by atoms with Crippen LogP contribution < -0.4 is 0 Å². The molecule has 6 nitrogen and oxygen atoms in total. The number of nitrogens with zero attached hydrogens (tertiary/aromatic N) is 2. The molecule has 0 bridgehead atoms. The third-order valence-corrected chi connectivity index (χ3v) is 1.73. The Morgan fingerprint density at radius 3 is 2.67 bits per heavy atom. The van der Waals surface area contributed by atoms with Crippen molar-refractivity contribution in [3.63, 3.8) is 0 Å². The van der Waals surface area contributed by atoms with Crippen molar-refractivity contribution in [1.29, 1.82) is 0 Å². The zero-order chi connectivity index (χ0) is 11.1. The van der Waals surface area contributed by atoms with E-state index in [9.17, 15) is 4.79 Å². The van der Waals surface area contributed by atoms with Crippen LogP contribution in [-0.4, -0.2) is 34.5 Å². The first-order chi connectivity index (χ1) is 7.22. The van der Waals surface area contributed by atoms with Crippen molar-refractivity contribution in [1.82, 2.24) is 10.2 Å². The molecule has 0 amide bonds. The monoisotopic (exact) mass is 214 g/mol. The molecule has 0 fully saturated rings. The van der Waals surface area contributed by atoms with Crippen molar-refractivity contribution >= 4 is 5.97 Å². The highest BCUT2D eigenvalue weighted by molar-refractivity contribution is 5.66. The van der Waals surface area contributed by atoms with E-state index in [2.05, 4.69) is 10.2 Å². The van der Waals surface area contributed by atoms with Gasteiger partial charge in [0.05, 0.1) is 13.0 Å². The number of aliphatic carboxylic acids is 1. The van der Waals surface area contributed by atoms with Gasteiger partial charge in [-0.25, -0.2) is 0 Å². The zero-order valence-electron chi connectivity index (χ0n) is 8.60. The molecule has 0 spiro atoms. The van der Waals surface area contributed by atoms with Crippen molar-refractivity contribution < 1.29 is 19.1 Å². The molecule has 1 heterocycles. The van der Waals surface area contributed by atoms with Crippen LogP contribution in [0.4, 0.5) is 0 Å². The first-order valence-corrected chi connectivity index (χ1v) is 4.83. The molecule has 1 aromatic rings. The highest BCUT2D eigenvalue weighted by Gasteiger charge is 2.07. The summed E-state index contributed by atoms with van der Waals surface area (Å²) < 4.78 is 10.3. The molecular formula is C9H14N2O4. The number of carboxylic acids is 1. The van der Waals surface area contributed by atoms with E-state index in [1.165, 1.54) is 0 Å². The Kier molecular flexibility index (Phi) is 4.76. The highest BCUT2D eigenvalue weighted by atomic mass is 16.5. The van der Waals surface area contributed by atoms with Crippen molar-refractivity contribution in [2.24, 2.45) is 0 Å². The minimum atomic E-state index is -0.871. The normalized spacial score (nSPS) is 10.5. The minimum Gasteiger partial charge on any atom is -0.481 e. The molecule has 84 valence electrons. The second-order valence-electron chi connectivity index (χ2n) is 2.93. The maximum absolute atomic E-state index is 10.3. The summed E-state index contributed by atoms with van der Waals surface area (Å²) in [5.74, 6) is -0.0168. The van der Waals surface area contributed by atoms with E-state index in [1.54, 1.807) is 0 Å². The standard InChI is InChI=1S/C9H14N2O4/c1-2-14-6-5-8-11-10-7(15-8)3-4-9(12)13/h2-6H2,1H3,(H,12,13). The van der Waals surface area contributed by atoms with Gasteiger partial charge in [-0.2, -0.15) is 0 Å². The number of aromatic nitrogens is 2. The van der Waals surface area contributed by atoms with E-state index in [0.717, 1.165) is 0 Å². The van der Waals surface area contributed by atoms with Crippen LogP contribution in [0.5, 0.6) is 0 Å². The topological polar surface area (TPSA) is 85.5 Å². The number of rotatable bonds is 7. The van der Waals surface area contributed by atoms with Gasteiger partial charge < -0.3 is 14.3 Å². The van der Waals surface area contributed by atoms with Crippen LogP contribution in [0.3, 0.4) is 0 Å². The van der Waals surface area contributed by atoms with Crippen LogP contribution in [0.25, 0.3) is 0 Å². The molecule has 0 aliphatic rings. The van der Waals surface area contributed by atoms with Gasteiger partial charge in [-0.15, -0.1) is 10.2 Å². The van der Waals surface area contributed by atoms with E-state index in [1.807, 2.05) is 6.92 Å². The SMILES string of the molecule is CCOCCc1nnc(CCC(=O)O)o1. The molecule has 0 saturated carbocycles. The molecule has 0 atom stereocenters. The fourth-order valence-electron chi connectivity index (χ4n) is 1.01. The van der Waals surface area contributed by atoms with Gasteiger partial charge in [0.1, 0.15) is 0 Å². The minimum absolute atomic E-state index is 0.00704. The van der Waals surface area contributed by atoms with Crippen LogP contribution in [0, 0.1) is 0 Å². The average molecular weight is 214 g/mol. The van der Waals surface area contributed by atoms with Crippen molar-refractivity contribution in [3.05, 3.63) is 11.8 Å². The number of hydrogen-bond acceptors (Lipinski definition) is 5. The lowest BCUT2D eigenvalue weighted by Crippen LogP contribution is -1.98. The Labute approximate surface area is 87.3 Å². The summed E-state index contributed by atoms with van der Waals surface area (Å²) in [5, 5.41) is 16.0. The summed E-state index contributed by atoms with van der Waals surface area (Å²) in [6.07, 6.45) is 0.845. The van der Waals surface area contributed by atoms with Crippen molar-refractivity contribution in [3.8, 4) is 0 Å². The molecule has 0 radical (unpaired) electrons. The van der Waals surface area contributed by atoms with Gasteiger partial charge in [0.25, 0.3) is 0 Å². The Hall–Kier alpha value is -1.43. The second-order valence-corrected chi connectivity index (χ2v) is 2.93. The smallest absolute Gasteiger partial charge is 0.303 e. The van der Waals surface area contributed by atoms with Gasteiger partial charge in [-0.3, -0.25) is 4.79 Å². The largest absolute Gasteiger partial charge is 0.481 e. The van der Waals surface area contributed by atoms with Gasteiger partial charge in [0, 0.05) is 19.4 Å². The lowest BCUT2D eigenvalue weighted by Gasteiger charge is -1.95. The molecule has 0 unspecified atom stereocenters. The average Bonchev–Trinajstić information content (AvgIpc) is 2.63. The zero-order valence-corrected chi connectivity index (χ0v) is 8.60. The first kappa shape index (κ1) is 11.6. The lowest BCUT2D eigenvalue weighted by atomic mass is 10.3. The summed E-state index contributed by atoms with van der Waals surface area (Å²) in [4.78, 5) is 10.3. The predicted molar refractivity (Wildman–Crippen MR) is 50.5 cm³/mol. The highest BCUT2D eigenvalue weighted by Crippen LogP contribution is 2.03. The van der Waals surface area contributed by atoms with Gasteiger partial charge in [-0.1, -0.05) is 0 Å². The molecule has 15 heavy (non-hydrogen) atoms. The van der Waals surface area contributed by atoms with E-state index < -0.39 is 5.97 Å². The number of carboxylic acid groups (broad SMARTS) is 1. The number of aryl methyl sites for hydroxylation is 1. The quantitative estimate of drug-likeness (QED) is 0.671. The molecule has 1 rings (SSSR count). The fourth-order valence-corrected chi connectivity index (χ4v) is 1.01. The maximum Gasteiger partial charge on any atom is 0.303 e. The molecule has 6 heteroatoms. The predicted octanol–water partition coefficient (Wildman–Crippen LogP) is 0.666. The molecular weight excluding hydrogens is 200 g/mol. The molecule has 0 aliphatic carbocycles. The Morgan fingerprint density at radius 2 is 2.07 bits per heavy atom. The molecule has 1 aromatic heterocycles. The molecule has 0 aromatic carbocycles. The van der Waals surface area contributed by atoms with Crippen molar-refractivity contribution in [2.45, 2.75) is 26.2 Å². The first-order valence-electron chi connectivity index (χ1n) is 4.83. The third kappa shape index (κ3) is 4.55. The van der Waals surface area contributed by atoms with Gasteiger partial charge in [0.15, 0.2) is 0 Å². The van der Waals surface area contributed by atoms with Crippen molar-refractivity contribution in [2.75, 3.05) is 13.2 Å². The lowest BCUT2D eigenvalue weighted by molar-refractivity contribution is -0.137. The molecule has 1 N–H and O–H groups in total. The second kappa shape index (κ2) is 6.13. The Balaban J connectivity index is 2.32. The van der Waals surface area contributed by atoms with Crippen LogP contribution in [0.2, 0.25) is 0 Å².